The number of rotatable bonds is 1. The number of nitrogens with zero attached hydrogens (tertiary/aromatic N) is 1. The van der Waals surface area contributed by atoms with E-state index in [4.69, 9.17) is 4.74 Å². The van der Waals surface area contributed by atoms with Crippen molar-refractivity contribution in [2.45, 2.75) is 19.4 Å². The van der Waals surface area contributed by atoms with E-state index in [9.17, 15) is 0 Å². The van der Waals surface area contributed by atoms with Gasteiger partial charge in [0.15, 0.2) is 0 Å². The van der Waals surface area contributed by atoms with E-state index in [2.05, 4.69) is 35.6 Å². The molecule has 12 heavy (non-hydrogen) atoms. The first kappa shape index (κ1) is 9.91. The summed E-state index contributed by atoms with van der Waals surface area (Å²) in [6.45, 7) is 5.88. The van der Waals surface area contributed by atoms with Crippen LogP contribution in [0.1, 0.15) is 13.3 Å². The lowest BCUT2D eigenvalue weighted by molar-refractivity contribution is 0.0695. The van der Waals surface area contributed by atoms with Crippen LogP contribution < -0.4 is 0 Å². The van der Waals surface area contributed by atoms with Gasteiger partial charge in [-0.25, -0.2) is 0 Å². The summed E-state index contributed by atoms with van der Waals surface area (Å²) < 4.78 is 5.50. The lowest BCUT2D eigenvalue weighted by Crippen LogP contribution is -2.30. The molecular weight excluding hydrogens is 170 g/mol. The molecule has 0 bridgehead atoms. The third-order valence-electron chi connectivity index (χ3n) is 1.92. The molecule has 1 fully saturated rings. The maximum Gasteiger partial charge on any atom is 0.0674 e. The smallest absolute Gasteiger partial charge is 0.0674 e. The Morgan fingerprint density at radius 1 is 1.67 bits per heavy atom. The highest BCUT2D eigenvalue weighted by Gasteiger charge is 2.13. The van der Waals surface area contributed by atoms with E-state index in [1.807, 2.05) is 0 Å². The average Bonchev–Trinajstić information content (AvgIpc) is 2.26. The van der Waals surface area contributed by atoms with Gasteiger partial charge in [-0.15, -0.1) is 0 Å². The Labute approximate surface area is 79.7 Å². The molecule has 0 saturated carbocycles. The highest BCUT2D eigenvalue weighted by molar-refractivity contribution is 7.85. The van der Waals surface area contributed by atoms with Gasteiger partial charge in [0.05, 0.1) is 12.6 Å². The summed E-state index contributed by atoms with van der Waals surface area (Å²) in [7, 11) is 0. The Morgan fingerprint density at radius 3 is 3.25 bits per heavy atom. The maximum absolute atomic E-state index is 5.50. The summed E-state index contributed by atoms with van der Waals surface area (Å²) in [5, 5.41) is 2.61. The van der Waals surface area contributed by atoms with Gasteiger partial charge in [0, 0.05) is 19.7 Å². The number of thiol groups is 1. The lowest BCUT2D eigenvalue weighted by Gasteiger charge is -2.18. The van der Waals surface area contributed by atoms with Crippen LogP contribution in [0, 0.1) is 11.2 Å². The Hall–Kier alpha value is -0.170. The van der Waals surface area contributed by atoms with Crippen LogP contribution in [-0.4, -0.2) is 37.2 Å². The van der Waals surface area contributed by atoms with E-state index >= 15 is 0 Å². The molecule has 1 heterocycles. The predicted octanol–water partition coefficient (Wildman–Crippen LogP) is 0.988. The van der Waals surface area contributed by atoms with Crippen molar-refractivity contribution in [3.05, 3.63) is 0 Å². The third kappa shape index (κ3) is 3.48. The van der Waals surface area contributed by atoms with E-state index in [1.54, 1.807) is 0 Å². The van der Waals surface area contributed by atoms with Gasteiger partial charge in [-0.3, -0.25) is 4.90 Å². The van der Waals surface area contributed by atoms with Gasteiger partial charge in [-0.1, -0.05) is 18.5 Å². The van der Waals surface area contributed by atoms with Crippen molar-refractivity contribution in [3.8, 4) is 11.2 Å². The van der Waals surface area contributed by atoms with Crippen molar-refractivity contribution in [2.75, 3.05) is 26.2 Å². The van der Waals surface area contributed by atoms with Gasteiger partial charge in [0.25, 0.3) is 0 Å². The Kier molecular flexibility index (Phi) is 4.52. The van der Waals surface area contributed by atoms with Crippen molar-refractivity contribution in [1.82, 2.24) is 4.90 Å². The molecule has 1 aliphatic heterocycles. The molecule has 2 nitrogen and oxygen atoms in total. The molecule has 0 amide bonds. The van der Waals surface area contributed by atoms with E-state index in [1.165, 1.54) is 0 Å². The van der Waals surface area contributed by atoms with Crippen LogP contribution in [-0.2, 0) is 4.74 Å². The number of hydrogen-bond donors (Lipinski definition) is 1. The summed E-state index contributed by atoms with van der Waals surface area (Å²) in [6, 6.07) is 0. The van der Waals surface area contributed by atoms with Gasteiger partial charge < -0.3 is 4.74 Å². The minimum Gasteiger partial charge on any atom is -0.377 e. The Bertz CT molecular complexity index is 185. The van der Waals surface area contributed by atoms with Crippen LogP contribution in [0.2, 0.25) is 0 Å². The van der Waals surface area contributed by atoms with E-state index in [-0.39, 0.29) is 0 Å². The van der Waals surface area contributed by atoms with E-state index in [0.717, 1.165) is 32.7 Å². The number of ether oxygens (including phenoxy) is 1. The molecule has 68 valence electrons. The fourth-order valence-corrected chi connectivity index (χ4v) is 1.44. The fraction of sp³-hybridized carbons (Fsp3) is 0.778. The second-order valence-electron chi connectivity index (χ2n) is 3.06. The van der Waals surface area contributed by atoms with E-state index in [0.29, 0.717) is 6.10 Å². The third-order valence-corrected chi connectivity index (χ3v) is 2.08. The van der Waals surface area contributed by atoms with Crippen molar-refractivity contribution in [1.29, 1.82) is 0 Å². The van der Waals surface area contributed by atoms with Gasteiger partial charge in [-0.05, 0) is 18.6 Å². The molecule has 1 rings (SSSR count). The zero-order valence-corrected chi connectivity index (χ0v) is 8.31. The second kappa shape index (κ2) is 5.47. The highest BCUT2D eigenvalue weighted by Crippen LogP contribution is 2.03. The van der Waals surface area contributed by atoms with Crippen LogP contribution >= 0.6 is 12.6 Å². The highest BCUT2D eigenvalue weighted by atomic mass is 32.1. The molecule has 3 heteroatoms. The van der Waals surface area contributed by atoms with Crippen molar-refractivity contribution in [3.63, 3.8) is 0 Å². The van der Waals surface area contributed by atoms with Crippen molar-refractivity contribution < 1.29 is 4.74 Å². The molecule has 0 N–H and O–H groups in total. The minimum absolute atomic E-state index is 0.342. The van der Waals surface area contributed by atoms with Crippen LogP contribution in [0.15, 0.2) is 0 Å². The summed E-state index contributed by atoms with van der Waals surface area (Å²) in [4.78, 5) is 2.31. The number of hydrogen-bond acceptors (Lipinski definition) is 3. The maximum atomic E-state index is 5.50. The fourth-order valence-electron chi connectivity index (χ4n) is 1.37. The Morgan fingerprint density at radius 2 is 2.50 bits per heavy atom. The molecular formula is C9H15NOS. The topological polar surface area (TPSA) is 12.5 Å². The molecule has 1 atom stereocenters. The zero-order chi connectivity index (χ0) is 8.81. The Balaban J connectivity index is 2.34. The van der Waals surface area contributed by atoms with E-state index < -0.39 is 0 Å². The molecule has 0 spiro atoms. The average molecular weight is 185 g/mol. The molecule has 0 aliphatic carbocycles. The molecule has 1 saturated heterocycles. The molecule has 0 radical (unpaired) electrons. The largest absolute Gasteiger partial charge is 0.377 e. The molecule has 0 aromatic carbocycles. The molecule has 1 aliphatic rings. The van der Waals surface area contributed by atoms with Crippen LogP contribution in [0.25, 0.3) is 0 Å². The van der Waals surface area contributed by atoms with Gasteiger partial charge in [-0.2, -0.15) is 0 Å². The summed E-state index contributed by atoms with van der Waals surface area (Å²) in [5.74, 6) is 2.95. The molecule has 0 aromatic rings. The van der Waals surface area contributed by atoms with Crippen LogP contribution in [0.5, 0.6) is 0 Å². The molecule has 0 aromatic heterocycles. The summed E-state index contributed by atoms with van der Waals surface area (Å²) in [6.07, 6.45) is 1.45. The SMILES string of the molecule is CC1CN(CC#CS)CCCO1. The van der Waals surface area contributed by atoms with Crippen molar-refractivity contribution in [2.24, 2.45) is 0 Å². The predicted molar refractivity (Wildman–Crippen MR) is 53.2 cm³/mol. The first-order chi connectivity index (χ1) is 5.83. The first-order valence-corrected chi connectivity index (χ1v) is 4.73. The normalized spacial score (nSPS) is 25.7. The van der Waals surface area contributed by atoms with Gasteiger partial charge in [0.2, 0.25) is 0 Å². The standard InChI is InChI=1S/C9H15NOS/c1-9-8-10(5-3-7-12)4-2-6-11-9/h9,12H,2,4-6,8H2,1H3. The molecule has 1 unspecified atom stereocenters. The summed E-state index contributed by atoms with van der Waals surface area (Å²) >= 11 is 3.85. The summed E-state index contributed by atoms with van der Waals surface area (Å²) in [5.41, 5.74) is 0. The second-order valence-corrected chi connectivity index (χ2v) is 3.28. The van der Waals surface area contributed by atoms with Crippen molar-refractivity contribution >= 4 is 12.6 Å². The first-order valence-electron chi connectivity index (χ1n) is 4.29. The lowest BCUT2D eigenvalue weighted by atomic mass is 10.3. The monoisotopic (exact) mass is 185 g/mol. The van der Waals surface area contributed by atoms with Gasteiger partial charge in [0.1, 0.15) is 0 Å². The van der Waals surface area contributed by atoms with Crippen LogP contribution in [0.4, 0.5) is 0 Å². The minimum atomic E-state index is 0.342. The van der Waals surface area contributed by atoms with Gasteiger partial charge >= 0.3 is 0 Å². The zero-order valence-electron chi connectivity index (χ0n) is 7.42. The van der Waals surface area contributed by atoms with Crippen LogP contribution in [0.3, 0.4) is 0 Å². The quantitative estimate of drug-likeness (QED) is 0.483.